The first-order chi connectivity index (χ1) is 9.85. The van der Waals surface area contributed by atoms with Crippen molar-refractivity contribution >= 4 is 11.9 Å². The van der Waals surface area contributed by atoms with Crippen LogP contribution in [0.3, 0.4) is 0 Å². The van der Waals surface area contributed by atoms with Gasteiger partial charge in [-0.15, -0.1) is 0 Å². The summed E-state index contributed by atoms with van der Waals surface area (Å²) in [6, 6.07) is 3.56. The number of hydrogen-bond donors (Lipinski definition) is 2. The maximum Gasteiger partial charge on any atom is 0.257 e. The molecule has 0 aliphatic heterocycles. The molecule has 0 amide bonds. The second kappa shape index (κ2) is 5.34. The first-order valence-corrected chi connectivity index (χ1v) is 5.92. The van der Waals surface area contributed by atoms with E-state index in [2.05, 4.69) is 35.8 Å². The van der Waals surface area contributed by atoms with Crippen LogP contribution in [0, 0.1) is 0 Å². The number of rotatable bonds is 5. The lowest BCUT2D eigenvalue weighted by Gasteiger charge is -2.07. The van der Waals surface area contributed by atoms with E-state index in [1.807, 2.05) is 0 Å². The zero-order valence-corrected chi connectivity index (χ0v) is 10.7. The van der Waals surface area contributed by atoms with Crippen LogP contribution in [0.25, 0.3) is 5.95 Å². The molecule has 0 spiro atoms. The van der Waals surface area contributed by atoms with Crippen LogP contribution in [0.15, 0.2) is 35.3 Å². The fourth-order valence-electron chi connectivity index (χ4n) is 1.54. The minimum atomic E-state index is 0.428. The maximum absolute atomic E-state index is 4.76. The van der Waals surface area contributed by atoms with E-state index in [0.717, 1.165) is 5.69 Å². The monoisotopic (exact) mass is 272 g/mol. The van der Waals surface area contributed by atoms with Gasteiger partial charge in [-0.1, -0.05) is 5.16 Å². The molecule has 3 rings (SSSR count). The Morgan fingerprint density at radius 3 is 2.85 bits per heavy atom. The van der Waals surface area contributed by atoms with Crippen molar-refractivity contribution in [1.29, 1.82) is 0 Å². The van der Waals surface area contributed by atoms with Crippen LogP contribution in [0.5, 0.6) is 0 Å². The Kier molecular flexibility index (Phi) is 3.23. The molecule has 0 aromatic carbocycles. The molecule has 3 aromatic heterocycles. The summed E-state index contributed by atoms with van der Waals surface area (Å²) in [4.78, 5) is 12.7. The number of nitrogens with one attached hydrogen (secondary N) is 2. The average molecular weight is 272 g/mol. The van der Waals surface area contributed by atoms with Gasteiger partial charge < -0.3 is 15.2 Å². The van der Waals surface area contributed by atoms with Gasteiger partial charge in [-0.25, -0.2) is 4.68 Å². The number of nitrogens with zero attached hydrogens (tertiary/aromatic N) is 6. The molecule has 0 unspecified atom stereocenters. The lowest BCUT2D eigenvalue weighted by molar-refractivity contribution is 0.412. The van der Waals surface area contributed by atoms with Gasteiger partial charge in [-0.2, -0.15) is 20.1 Å². The smallest absolute Gasteiger partial charge is 0.257 e. The van der Waals surface area contributed by atoms with Gasteiger partial charge in [0, 0.05) is 25.5 Å². The summed E-state index contributed by atoms with van der Waals surface area (Å²) in [5.41, 5.74) is 0.761. The van der Waals surface area contributed by atoms with E-state index in [-0.39, 0.29) is 0 Å². The molecule has 3 heterocycles. The van der Waals surface area contributed by atoms with Gasteiger partial charge in [0.25, 0.3) is 5.95 Å². The minimum absolute atomic E-state index is 0.428. The highest BCUT2D eigenvalue weighted by Crippen LogP contribution is 2.09. The van der Waals surface area contributed by atoms with Crippen molar-refractivity contribution in [3.8, 4) is 5.95 Å². The average Bonchev–Trinajstić information content (AvgIpc) is 3.17. The third-order valence-electron chi connectivity index (χ3n) is 2.48. The lowest BCUT2D eigenvalue weighted by atomic mass is 10.4. The van der Waals surface area contributed by atoms with Crippen LogP contribution in [-0.4, -0.2) is 36.9 Å². The summed E-state index contributed by atoms with van der Waals surface area (Å²) in [6.45, 7) is 0.461. The Bertz CT molecular complexity index is 664. The van der Waals surface area contributed by atoms with Gasteiger partial charge in [0.2, 0.25) is 11.9 Å². The zero-order valence-electron chi connectivity index (χ0n) is 10.7. The number of anilines is 2. The zero-order chi connectivity index (χ0) is 13.8. The van der Waals surface area contributed by atoms with E-state index in [4.69, 9.17) is 4.52 Å². The van der Waals surface area contributed by atoms with Gasteiger partial charge >= 0.3 is 0 Å². The molecule has 9 heteroatoms. The van der Waals surface area contributed by atoms with E-state index in [9.17, 15) is 0 Å². The summed E-state index contributed by atoms with van der Waals surface area (Å²) in [6.07, 6.45) is 4.93. The molecule has 0 saturated heterocycles. The third kappa shape index (κ3) is 2.55. The van der Waals surface area contributed by atoms with Crippen LogP contribution < -0.4 is 10.6 Å². The molecule has 0 fully saturated rings. The first-order valence-electron chi connectivity index (χ1n) is 5.92. The van der Waals surface area contributed by atoms with Crippen molar-refractivity contribution in [3.63, 3.8) is 0 Å². The van der Waals surface area contributed by atoms with Crippen LogP contribution >= 0.6 is 0 Å². The Morgan fingerprint density at radius 2 is 2.15 bits per heavy atom. The number of aromatic nitrogens is 6. The van der Waals surface area contributed by atoms with E-state index < -0.39 is 0 Å². The fourth-order valence-corrected chi connectivity index (χ4v) is 1.54. The molecule has 0 radical (unpaired) electrons. The standard InChI is InChI=1S/C11H12N8O/c1-12-9-15-10(13-7-8-3-6-20-18-8)17-11(16-9)19-5-2-4-14-19/h2-6H,7H2,1H3,(H2,12,13,15,16,17). The maximum atomic E-state index is 4.76. The van der Waals surface area contributed by atoms with Crippen molar-refractivity contribution in [1.82, 2.24) is 29.9 Å². The van der Waals surface area contributed by atoms with Gasteiger partial charge in [0.1, 0.15) is 12.0 Å². The fraction of sp³-hybridized carbons (Fsp3) is 0.182. The molecule has 2 N–H and O–H groups in total. The molecule has 0 aliphatic carbocycles. The van der Waals surface area contributed by atoms with Crippen molar-refractivity contribution < 1.29 is 4.52 Å². The van der Waals surface area contributed by atoms with Crippen molar-refractivity contribution in [3.05, 3.63) is 36.5 Å². The molecule has 0 bridgehead atoms. The predicted octanol–water partition coefficient (Wildman–Crippen LogP) is 0.699. The topological polar surface area (TPSA) is 107 Å². The number of hydrogen-bond acceptors (Lipinski definition) is 8. The Labute approximate surface area is 114 Å². The summed E-state index contributed by atoms with van der Waals surface area (Å²) in [5, 5.41) is 13.8. The molecule has 3 aromatic rings. The Balaban J connectivity index is 1.84. The van der Waals surface area contributed by atoms with E-state index in [1.165, 1.54) is 6.26 Å². The van der Waals surface area contributed by atoms with Gasteiger partial charge in [-0.3, -0.25) is 0 Å². The second-order valence-electron chi connectivity index (χ2n) is 3.83. The lowest BCUT2D eigenvalue weighted by Crippen LogP contribution is -2.11. The molecule has 20 heavy (non-hydrogen) atoms. The SMILES string of the molecule is CNc1nc(NCc2ccon2)nc(-n2cccn2)n1. The molecule has 102 valence electrons. The minimum Gasteiger partial charge on any atom is -0.364 e. The summed E-state index contributed by atoms with van der Waals surface area (Å²) >= 11 is 0. The van der Waals surface area contributed by atoms with E-state index in [0.29, 0.717) is 24.4 Å². The van der Waals surface area contributed by atoms with Crippen molar-refractivity contribution in [2.24, 2.45) is 0 Å². The Hall–Kier alpha value is -2.97. The molecule has 0 aliphatic rings. The molecule has 0 saturated carbocycles. The van der Waals surface area contributed by atoms with Crippen LogP contribution in [0.2, 0.25) is 0 Å². The third-order valence-corrected chi connectivity index (χ3v) is 2.48. The van der Waals surface area contributed by atoms with Gasteiger partial charge in [-0.05, 0) is 6.07 Å². The van der Waals surface area contributed by atoms with Crippen LogP contribution in [0.1, 0.15) is 5.69 Å². The molecular formula is C11H12N8O. The summed E-state index contributed by atoms with van der Waals surface area (Å²) in [5.74, 6) is 1.31. The summed E-state index contributed by atoms with van der Waals surface area (Å²) in [7, 11) is 1.74. The predicted molar refractivity (Wildman–Crippen MR) is 70.3 cm³/mol. The van der Waals surface area contributed by atoms with Crippen molar-refractivity contribution in [2.45, 2.75) is 6.54 Å². The first kappa shape index (κ1) is 12.1. The quantitative estimate of drug-likeness (QED) is 0.699. The van der Waals surface area contributed by atoms with E-state index in [1.54, 1.807) is 36.3 Å². The van der Waals surface area contributed by atoms with Gasteiger partial charge in [0.05, 0.1) is 6.54 Å². The molecule has 9 nitrogen and oxygen atoms in total. The summed E-state index contributed by atoms with van der Waals surface area (Å²) < 4.78 is 6.32. The highest BCUT2D eigenvalue weighted by Gasteiger charge is 2.08. The molecular weight excluding hydrogens is 260 g/mol. The van der Waals surface area contributed by atoms with Gasteiger partial charge in [0.15, 0.2) is 0 Å². The molecule has 0 atom stereocenters. The highest BCUT2D eigenvalue weighted by molar-refractivity contribution is 5.37. The highest BCUT2D eigenvalue weighted by atomic mass is 16.5. The van der Waals surface area contributed by atoms with E-state index >= 15 is 0 Å². The normalized spacial score (nSPS) is 10.4. The second-order valence-corrected chi connectivity index (χ2v) is 3.83. The Morgan fingerprint density at radius 1 is 1.25 bits per heavy atom. The van der Waals surface area contributed by atoms with Crippen molar-refractivity contribution in [2.75, 3.05) is 17.7 Å². The van der Waals surface area contributed by atoms with Crippen LogP contribution in [0.4, 0.5) is 11.9 Å². The largest absolute Gasteiger partial charge is 0.364 e. The van der Waals surface area contributed by atoms with Crippen LogP contribution in [-0.2, 0) is 6.54 Å².